The van der Waals surface area contributed by atoms with Gasteiger partial charge < -0.3 is 4.90 Å². The van der Waals surface area contributed by atoms with E-state index < -0.39 is 0 Å². The van der Waals surface area contributed by atoms with Gasteiger partial charge in [0.05, 0.1) is 5.52 Å². The second-order valence-electron chi connectivity index (χ2n) is 6.10. The van der Waals surface area contributed by atoms with E-state index in [4.69, 9.17) is 11.6 Å². The minimum Gasteiger partial charge on any atom is -0.353 e. The van der Waals surface area contributed by atoms with Crippen LogP contribution in [0.2, 0.25) is 5.02 Å². The van der Waals surface area contributed by atoms with Gasteiger partial charge >= 0.3 is 0 Å². The van der Waals surface area contributed by atoms with Crippen molar-refractivity contribution in [2.75, 3.05) is 31.1 Å². The van der Waals surface area contributed by atoms with Gasteiger partial charge in [0.15, 0.2) is 0 Å². The first-order chi connectivity index (χ1) is 11.8. The molecule has 0 unspecified atom stereocenters. The van der Waals surface area contributed by atoms with Gasteiger partial charge in [-0.1, -0.05) is 35.9 Å². The molecule has 1 aliphatic heterocycles. The molecule has 0 spiro atoms. The molecule has 1 aliphatic rings. The highest BCUT2D eigenvalue weighted by Crippen LogP contribution is 2.24. The van der Waals surface area contributed by atoms with E-state index in [1.165, 1.54) is 5.56 Å². The second kappa shape index (κ2) is 6.75. The summed E-state index contributed by atoms with van der Waals surface area (Å²) >= 11 is 5.96. The fraction of sp³-hybridized carbons (Fsp3) is 0.263. The van der Waals surface area contributed by atoms with Crippen molar-refractivity contribution >= 4 is 28.3 Å². The highest BCUT2D eigenvalue weighted by molar-refractivity contribution is 6.30. The average molecular weight is 339 g/mol. The van der Waals surface area contributed by atoms with Gasteiger partial charge in [0.25, 0.3) is 0 Å². The number of fused-ring (bicyclic) bond motifs is 1. The molecule has 2 heterocycles. The Balaban J connectivity index is 1.45. The quantitative estimate of drug-likeness (QED) is 0.730. The van der Waals surface area contributed by atoms with Crippen LogP contribution in [-0.2, 0) is 6.54 Å². The first-order valence-electron chi connectivity index (χ1n) is 8.21. The molecular weight excluding hydrogens is 320 g/mol. The van der Waals surface area contributed by atoms with Gasteiger partial charge in [-0.3, -0.25) is 4.90 Å². The first kappa shape index (κ1) is 15.4. The topological polar surface area (TPSA) is 32.3 Å². The van der Waals surface area contributed by atoms with Crippen molar-refractivity contribution in [1.82, 2.24) is 14.9 Å². The molecule has 0 atom stereocenters. The molecule has 0 amide bonds. The molecular formula is C19H19ClN4. The zero-order valence-corrected chi connectivity index (χ0v) is 14.2. The van der Waals surface area contributed by atoms with Crippen LogP contribution >= 0.6 is 11.6 Å². The molecule has 0 saturated carbocycles. The van der Waals surface area contributed by atoms with Crippen LogP contribution in [0.4, 0.5) is 5.82 Å². The van der Waals surface area contributed by atoms with Crippen LogP contribution in [0.25, 0.3) is 10.9 Å². The van der Waals surface area contributed by atoms with E-state index in [9.17, 15) is 0 Å². The minimum atomic E-state index is 0.791. The third kappa shape index (κ3) is 3.21. The number of benzene rings is 2. The van der Waals surface area contributed by atoms with Gasteiger partial charge in [-0.15, -0.1) is 0 Å². The van der Waals surface area contributed by atoms with Crippen molar-refractivity contribution in [1.29, 1.82) is 0 Å². The number of hydrogen-bond donors (Lipinski definition) is 0. The van der Waals surface area contributed by atoms with Crippen LogP contribution in [0.1, 0.15) is 5.56 Å². The summed E-state index contributed by atoms with van der Waals surface area (Å²) in [5.41, 5.74) is 2.31. The van der Waals surface area contributed by atoms with Gasteiger partial charge in [-0.05, 0) is 29.8 Å². The van der Waals surface area contributed by atoms with Crippen LogP contribution in [0.15, 0.2) is 54.9 Å². The summed E-state index contributed by atoms with van der Waals surface area (Å²) in [5.74, 6) is 1.05. The highest BCUT2D eigenvalue weighted by atomic mass is 35.5. The minimum absolute atomic E-state index is 0.791. The van der Waals surface area contributed by atoms with Crippen LogP contribution in [-0.4, -0.2) is 41.0 Å². The number of halogens is 1. The Morgan fingerprint density at radius 1 is 0.875 bits per heavy atom. The molecule has 1 aromatic heterocycles. The Bertz CT molecular complexity index is 821. The summed E-state index contributed by atoms with van der Waals surface area (Å²) < 4.78 is 0. The zero-order chi connectivity index (χ0) is 16.4. The maximum absolute atomic E-state index is 5.96. The van der Waals surface area contributed by atoms with Gasteiger partial charge in [0, 0.05) is 43.1 Å². The monoisotopic (exact) mass is 338 g/mol. The second-order valence-corrected chi connectivity index (χ2v) is 6.54. The maximum Gasteiger partial charge on any atom is 0.139 e. The lowest BCUT2D eigenvalue weighted by atomic mass is 10.2. The van der Waals surface area contributed by atoms with Crippen molar-refractivity contribution < 1.29 is 0 Å². The normalized spacial score (nSPS) is 15.8. The Labute approximate surface area is 146 Å². The predicted octanol–water partition coefficient (Wildman–Crippen LogP) is 3.61. The third-order valence-corrected chi connectivity index (χ3v) is 4.77. The number of para-hydroxylation sites is 1. The van der Waals surface area contributed by atoms with Gasteiger partial charge in [0.2, 0.25) is 0 Å². The maximum atomic E-state index is 5.96. The van der Waals surface area contributed by atoms with Crippen molar-refractivity contribution in [3.63, 3.8) is 0 Å². The molecule has 4 rings (SSSR count). The molecule has 0 bridgehead atoms. The molecule has 4 nitrogen and oxygen atoms in total. The van der Waals surface area contributed by atoms with Gasteiger partial charge in [0.1, 0.15) is 12.1 Å². The zero-order valence-electron chi connectivity index (χ0n) is 13.4. The SMILES string of the molecule is Clc1ccc(CN2CCN(c3ncnc4ccccc34)CC2)cc1. The Morgan fingerprint density at radius 2 is 1.62 bits per heavy atom. The van der Waals surface area contributed by atoms with Crippen molar-refractivity contribution in [2.24, 2.45) is 0 Å². The fourth-order valence-corrected chi connectivity index (χ4v) is 3.33. The fourth-order valence-electron chi connectivity index (χ4n) is 3.21. The summed E-state index contributed by atoms with van der Waals surface area (Å²) in [6.45, 7) is 4.99. The van der Waals surface area contributed by atoms with Crippen LogP contribution < -0.4 is 4.90 Å². The van der Waals surface area contributed by atoms with Gasteiger partial charge in [-0.25, -0.2) is 9.97 Å². The molecule has 0 aliphatic carbocycles. The van der Waals surface area contributed by atoms with Gasteiger partial charge in [-0.2, -0.15) is 0 Å². The van der Waals surface area contributed by atoms with E-state index >= 15 is 0 Å². The van der Waals surface area contributed by atoms with E-state index in [0.717, 1.165) is 54.5 Å². The number of hydrogen-bond acceptors (Lipinski definition) is 4. The smallest absolute Gasteiger partial charge is 0.139 e. The lowest BCUT2D eigenvalue weighted by Crippen LogP contribution is -2.46. The third-order valence-electron chi connectivity index (χ3n) is 4.51. The first-order valence-corrected chi connectivity index (χ1v) is 8.59. The lowest BCUT2D eigenvalue weighted by Gasteiger charge is -2.35. The molecule has 1 fully saturated rings. The van der Waals surface area contributed by atoms with Crippen LogP contribution in [0.3, 0.4) is 0 Å². The lowest BCUT2D eigenvalue weighted by molar-refractivity contribution is 0.249. The van der Waals surface area contributed by atoms with Crippen molar-refractivity contribution in [3.05, 3.63) is 65.4 Å². The summed E-state index contributed by atoms with van der Waals surface area (Å²) in [4.78, 5) is 13.7. The van der Waals surface area contributed by atoms with E-state index in [-0.39, 0.29) is 0 Å². The van der Waals surface area contributed by atoms with Crippen LogP contribution in [0, 0.1) is 0 Å². The van der Waals surface area contributed by atoms with Crippen LogP contribution in [0.5, 0.6) is 0 Å². The molecule has 5 heteroatoms. The van der Waals surface area contributed by atoms with Crippen molar-refractivity contribution in [2.45, 2.75) is 6.54 Å². The summed E-state index contributed by atoms with van der Waals surface area (Å²) in [5, 5.41) is 1.92. The average Bonchev–Trinajstić information content (AvgIpc) is 2.64. The Hall–Kier alpha value is -2.17. The summed E-state index contributed by atoms with van der Waals surface area (Å²) in [7, 11) is 0. The van der Waals surface area contributed by atoms with E-state index in [1.54, 1.807) is 6.33 Å². The Morgan fingerprint density at radius 3 is 2.42 bits per heavy atom. The number of anilines is 1. The van der Waals surface area contributed by atoms with Crippen molar-refractivity contribution in [3.8, 4) is 0 Å². The van der Waals surface area contributed by atoms with E-state index in [0.29, 0.717) is 0 Å². The molecule has 3 aromatic rings. The number of piperazine rings is 1. The highest BCUT2D eigenvalue weighted by Gasteiger charge is 2.19. The Kier molecular flexibility index (Phi) is 4.32. The molecule has 0 N–H and O–H groups in total. The van der Waals surface area contributed by atoms with E-state index in [2.05, 4.69) is 38.0 Å². The predicted molar refractivity (Wildman–Crippen MR) is 98.5 cm³/mol. The molecule has 122 valence electrons. The summed E-state index contributed by atoms with van der Waals surface area (Å²) in [6, 6.07) is 16.3. The summed E-state index contributed by atoms with van der Waals surface area (Å²) in [6.07, 6.45) is 1.66. The molecule has 0 radical (unpaired) electrons. The number of rotatable bonds is 3. The molecule has 2 aromatic carbocycles. The molecule has 1 saturated heterocycles. The van der Waals surface area contributed by atoms with E-state index in [1.807, 2.05) is 30.3 Å². The largest absolute Gasteiger partial charge is 0.353 e. The molecule has 24 heavy (non-hydrogen) atoms. The standard InChI is InChI=1S/C19H19ClN4/c20-16-7-5-15(6-8-16)13-23-9-11-24(12-10-23)19-17-3-1-2-4-18(17)21-14-22-19/h1-8,14H,9-13H2. The number of nitrogens with zero attached hydrogens (tertiary/aromatic N) is 4. The number of aromatic nitrogens is 2.